The number of anilines is 1. The fourth-order valence-corrected chi connectivity index (χ4v) is 6.70. The minimum atomic E-state index is -3.66. The van der Waals surface area contributed by atoms with Crippen LogP contribution in [0.3, 0.4) is 0 Å². The predicted molar refractivity (Wildman–Crippen MR) is 118 cm³/mol. The van der Waals surface area contributed by atoms with Crippen LogP contribution < -0.4 is 5.32 Å². The summed E-state index contributed by atoms with van der Waals surface area (Å²) in [7, 11) is -3.66. The number of rotatable bonds is 5. The highest BCUT2D eigenvalue weighted by atomic mass is 32.2. The fourth-order valence-electron chi connectivity index (χ4n) is 5.28. The molecule has 166 valence electrons. The van der Waals surface area contributed by atoms with E-state index in [2.05, 4.69) is 5.32 Å². The Morgan fingerprint density at radius 2 is 1.59 bits per heavy atom. The number of hydrogen-bond donors (Lipinski definition) is 2. The van der Waals surface area contributed by atoms with Gasteiger partial charge < -0.3 is 10.4 Å². The van der Waals surface area contributed by atoms with Crippen molar-refractivity contribution in [1.29, 1.82) is 0 Å². The number of carboxylic acids is 1. The van der Waals surface area contributed by atoms with Crippen LogP contribution in [0.25, 0.3) is 0 Å². The molecule has 3 aliphatic rings. The van der Waals surface area contributed by atoms with E-state index < -0.39 is 27.8 Å². The van der Waals surface area contributed by atoms with Gasteiger partial charge in [-0.05, 0) is 60.1 Å². The number of hydrogen-bond acceptors (Lipinski definition) is 4. The van der Waals surface area contributed by atoms with Crippen molar-refractivity contribution in [2.24, 2.45) is 23.7 Å². The lowest BCUT2D eigenvalue weighted by molar-refractivity contribution is -0.146. The largest absolute Gasteiger partial charge is 0.481 e. The molecule has 5 rings (SSSR count). The van der Waals surface area contributed by atoms with Crippen molar-refractivity contribution >= 4 is 27.6 Å². The van der Waals surface area contributed by atoms with Crippen LogP contribution in [0.4, 0.5) is 5.69 Å². The molecule has 2 aromatic carbocycles. The number of nitrogens with one attached hydrogen (secondary N) is 1. The van der Waals surface area contributed by atoms with E-state index in [1.807, 2.05) is 36.4 Å². The summed E-state index contributed by atoms with van der Waals surface area (Å²) in [6.45, 7) is 0.761. The third-order valence-corrected chi connectivity index (χ3v) is 8.76. The maximum atomic E-state index is 13.1. The van der Waals surface area contributed by atoms with Crippen molar-refractivity contribution in [1.82, 2.24) is 4.31 Å². The van der Waals surface area contributed by atoms with E-state index >= 15 is 0 Å². The number of sulfonamides is 1. The Morgan fingerprint density at radius 3 is 2.28 bits per heavy atom. The first-order valence-electron chi connectivity index (χ1n) is 10.7. The number of allylic oxidation sites excluding steroid dienone is 2. The Balaban J connectivity index is 1.30. The van der Waals surface area contributed by atoms with E-state index in [0.29, 0.717) is 31.6 Å². The zero-order valence-electron chi connectivity index (χ0n) is 17.3. The van der Waals surface area contributed by atoms with Gasteiger partial charge in [0.1, 0.15) is 0 Å². The summed E-state index contributed by atoms with van der Waals surface area (Å²) < 4.78 is 27.7. The monoisotopic (exact) mass is 452 g/mol. The fraction of sp³-hybridized carbons (Fsp3) is 0.333. The zero-order chi connectivity index (χ0) is 22.5. The van der Waals surface area contributed by atoms with Crippen LogP contribution in [0.2, 0.25) is 0 Å². The molecular weight excluding hydrogens is 428 g/mol. The third-order valence-electron chi connectivity index (χ3n) is 6.90. The van der Waals surface area contributed by atoms with Crippen LogP contribution in [0, 0.1) is 23.7 Å². The molecule has 0 radical (unpaired) electrons. The molecule has 2 bridgehead atoms. The van der Waals surface area contributed by atoms with Crippen molar-refractivity contribution in [3.8, 4) is 0 Å². The molecule has 4 atom stereocenters. The third kappa shape index (κ3) is 3.53. The summed E-state index contributed by atoms with van der Waals surface area (Å²) in [5.41, 5.74) is 2.64. The Bertz CT molecular complexity index is 1210. The first kappa shape index (κ1) is 20.9. The van der Waals surface area contributed by atoms with Crippen LogP contribution in [-0.2, 0) is 32.6 Å². The van der Waals surface area contributed by atoms with Crippen molar-refractivity contribution in [2.75, 3.05) is 11.9 Å². The van der Waals surface area contributed by atoms with Gasteiger partial charge in [0, 0.05) is 18.8 Å². The summed E-state index contributed by atoms with van der Waals surface area (Å²) in [5.74, 6) is -2.78. The Morgan fingerprint density at radius 1 is 0.938 bits per heavy atom. The number of carbonyl (C=O) groups excluding carboxylic acids is 1. The van der Waals surface area contributed by atoms with E-state index in [1.165, 1.54) is 22.0 Å². The lowest BCUT2D eigenvalue weighted by Crippen LogP contribution is -2.36. The second-order valence-corrected chi connectivity index (χ2v) is 10.6. The van der Waals surface area contributed by atoms with Crippen LogP contribution in [0.5, 0.6) is 0 Å². The maximum Gasteiger partial charge on any atom is 0.307 e. The van der Waals surface area contributed by atoms with Crippen molar-refractivity contribution in [3.63, 3.8) is 0 Å². The van der Waals surface area contributed by atoms with Gasteiger partial charge in [0.05, 0.1) is 16.7 Å². The highest BCUT2D eigenvalue weighted by molar-refractivity contribution is 7.89. The number of nitrogens with zero attached hydrogens (tertiary/aromatic N) is 1. The first-order valence-corrected chi connectivity index (χ1v) is 12.2. The molecule has 8 heteroatoms. The quantitative estimate of drug-likeness (QED) is 0.679. The molecule has 0 unspecified atom stereocenters. The van der Waals surface area contributed by atoms with Gasteiger partial charge in [-0.2, -0.15) is 4.31 Å². The molecule has 1 amide bonds. The molecule has 0 aromatic heterocycles. The number of aliphatic carboxylic acids is 1. The van der Waals surface area contributed by atoms with Crippen LogP contribution in [0.15, 0.2) is 65.6 Å². The number of carboxylic acid groups (broad SMARTS) is 1. The van der Waals surface area contributed by atoms with Gasteiger partial charge in [0.15, 0.2) is 0 Å². The van der Waals surface area contributed by atoms with Crippen LogP contribution >= 0.6 is 0 Å². The molecule has 1 saturated carbocycles. The standard InChI is InChI=1S/C24H24N2O5S/c27-23(21-16-5-6-17(13-16)22(21)24(28)29)25-19-7-9-20(10-8-19)32(30,31)26-12-11-15-3-1-2-4-18(15)14-26/h1-10,16-17,21-22H,11-14H2,(H,25,27)(H,28,29)/t16-,17-,21+,22-/m0/s1. The van der Waals surface area contributed by atoms with Gasteiger partial charge in [-0.1, -0.05) is 36.4 Å². The van der Waals surface area contributed by atoms with Gasteiger partial charge in [0.2, 0.25) is 15.9 Å². The molecule has 7 nitrogen and oxygen atoms in total. The smallest absolute Gasteiger partial charge is 0.307 e. The van der Waals surface area contributed by atoms with Crippen molar-refractivity contribution in [2.45, 2.75) is 24.3 Å². The molecule has 0 saturated heterocycles. The van der Waals surface area contributed by atoms with E-state index in [1.54, 1.807) is 12.1 Å². The number of benzene rings is 2. The van der Waals surface area contributed by atoms with E-state index in [0.717, 1.165) is 5.56 Å². The number of fused-ring (bicyclic) bond motifs is 3. The molecule has 2 N–H and O–H groups in total. The Hall–Kier alpha value is -2.97. The minimum Gasteiger partial charge on any atom is -0.481 e. The minimum absolute atomic E-state index is 0.0669. The second kappa shape index (κ2) is 7.86. The summed E-state index contributed by atoms with van der Waals surface area (Å²) >= 11 is 0. The highest BCUT2D eigenvalue weighted by Crippen LogP contribution is 2.48. The average Bonchev–Trinajstić information content (AvgIpc) is 3.41. The maximum absolute atomic E-state index is 13.1. The summed E-state index contributed by atoms with van der Waals surface area (Å²) in [5, 5.41) is 12.3. The molecule has 1 aliphatic heterocycles. The molecule has 32 heavy (non-hydrogen) atoms. The van der Waals surface area contributed by atoms with Crippen LogP contribution in [-0.4, -0.2) is 36.3 Å². The van der Waals surface area contributed by atoms with E-state index in [4.69, 9.17) is 0 Å². The van der Waals surface area contributed by atoms with Crippen molar-refractivity contribution in [3.05, 3.63) is 71.8 Å². The molecule has 1 fully saturated rings. The topological polar surface area (TPSA) is 104 Å². The lowest BCUT2D eigenvalue weighted by atomic mass is 9.82. The van der Waals surface area contributed by atoms with E-state index in [9.17, 15) is 23.1 Å². The summed E-state index contributed by atoms with van der Waals surface area (Å²) in [4.78, 5) is 24.7. The van der Waals surface area contributed by atoms with Crippen LogP contribution in [0.1, 0.15) is 17.5 Å². The molecule has 2 aromatic rings. The van der Waals surface area contributed by atoms with Gasteiger partial charge in [-0.15, -0.1) is 0 Å². The van der Waals surface area contributed by atoms with Gasteiger partial charge in [-0.25, -0.2) is 8.42 Å². The predicted octanol–water partition coefficient (Wildman–Crippen LogP) is 2.90. The van der Waals surface area contributed by atoms with E-state index in [-0.39, 0.29) is 22.6 Å². The summed E-state index contributed by atoms with van der Waals surface area (Å²) in [6, 6.07) is 13.9. The van der Waals surface area contributed by atoms with Crippen molar-refractivity contribution < 1.29 is 23.1 Å². The van der Waals surface area contributed by atoms with Gasteiger partial charge in [-0.3, -0.25) is 9.59 Å². The Labute approximate surface area is 186 Å². The average molecular weight is 453 g/mol. The van der Waals surface area contributed by atoms with Gasteiger partial charge >= 0.3 is 5.97 Å². The Kier molecular flexibility index (Phi) is 5.14. The molecular formula is C24H24N2O5S. The SMILES string of the molecule is O=C(O)[C@@H]1[C@H](C(=O)Nc2ccc(S(=O)(=O)N3CCc4ccccc4C3)cc2)[C@H]2C=C[C@H]1C2. The second-order valence-electron chi connectivity index (χ2n) is 8.71. The lowest BCUT2D eigenvalue weighted by Gasteiger charge is -2.28. The number of carbonyl (C=O) groups is 2. The molecule has 2 aliphatic carbocycles. The van der Waals surface area contributed by atoms with Gasteiger partial charge in [0.25, 0.3) is 0 Å². The zero-order valence-corrected chi connectivity index (χ0v) is 18.2. The number of amides is 1. The normalized spacial score (nSPS) is 26.6. The summed E-state index contributed by atoms with van der Waals surface area (Å²) in [6.07, 6.45) is 5.18. The highest BCUT2D eigenvalue weighted by Gasteiger charge is 2.51. The first-order chi connectivity index (χ1) is 15.3. The molecule has 1 heterocycles. The molecule has 0 spiro atoms.